The van der Waals surface area contributed by atoms with E-state index in [0.717, 1.165) is 0 Å². The van der Waals surface area contributed by atoms with Crippen LogP contribution in [0.5, 0.6) is 0 Å². The minimum atomic E-state index is -0.965. The first-order chi connectivity index (χ1) is 14.5. The Morgan fingerprint density at radius 3 is 2.19 bits per heavy atom. The second-order valence-corrected chi connectivity index (χ2v) is 7.40. The Kier molecular flexibility index (Phi) is 7.62. The normalized spacial score (nSPS) is 16.2. The van der Waals surface area contributed by atoms with Crippen molar-refractivity contribution >= 4 is 23.6 Å². The van der Waals surface area contributed by atoms with Gasteiger partial charge in [-0.3, -0.25) is 10.1 Å². The predicted molar refractivity (Wildman–Crippen MR) is 111 cm³/mol. The van der Waals surface area contributed by atoms with Crippen LogP contribution in [0.15, 0.2) is 41.5 Å². The van der Waals surface area contributed by atoms with E-state index in [0.29, 0.717) is 11.3 Å². The molecule has 1 atom stereocenters. The van der Waals surface area contributed by atoms with Gasteiger partial charge < -0.3 is 24.3 Å². The lowest BCUT2D eigenvalue weighted by atomic mass is 9.95. The first-order valence-corrected chi connectivity index (χ1v) is 9.73. The van der Waals surface area contributed by atoms with Crippen molar-refractivity contribution < 1.29 is 33.5 Å². The molecule has 1 N–H and O–H groups in total. The van der Waals surface area contributed by atoms with Crippen molar-refractivity contribution in [2.24, 2.45) is 0 Å². The van der Waals surface area contributed by atoms with Gasteiger partial charge in [0.15, 0.2) is 5.76 Å². The number of non-ortho nitro benzene ring substituents is 1. The number of rotatable bonds is 6. The smallest absolute Gasteiger partial charge is 0.431 e. The number of nitrogens with zero attached hydrogens (tertiary/aromatic N) is 1. The van der Waals surface area contributed by atoms with Crippen molar-refractivity contribution in [3.8, 4) is 0 Å². The van der Waals surface area contributed by atoms with Crippen molar-refractivity contribution in [2.45, 2.75) is 59.8 Å². The number of benzene rings is 1. The van der Waals surface area contributed by atoms with Crippen molar-refractivity contribution in [2.75, 3.05) is 0 Å². The van der Waals surface area contributed by atoms with E-state index in [1.807, 2.05) is 0 Å². The Morgan fingerprint density at radius 2 is 1.65 bits per heavy atom. The molecule has 31 heavy (non-hydrogen) atoms. The summed E-state index contributed by atoms with van der Waals surface area (Å²) in [6, 6.07) is 5.17. The van der Waals surface area contributed by atoms with E-state index in [1.165, 1.54) is 18.2 Å². The highest BCUT2D eigenvalue weighted by Crippen LogP contribution is 2.36. The highest BCUT2D eigenvalue weighted by molar-refractivity contribution is 5.85. The maximum atomic E-state index is 12.2. The highest BCUT2D eigenvalue weighted by Gasteiger charge is 2.33. The molecule has 1 aliphatic rings. The number of nitro groups is 1. The number of carbonyl (C=O) groups excluding carboxylic acids is 2. The van der Waals surface area contributed by atoms with Crippen molar-refractivity contribution in [1.82, 2.24) is 5.32 Å². The average molecular weight is 434 g/mol. The molecule has 1 aliphatic heterocycles. The summed E-state index contributed by atoms with van der Waals surface area (Å²) in [7, 11) is 0. The number of dihydropyridines is 1. The van der Waals surface area contributed by atoms with E-state index < -0.39 is 35.5 Å². The number of hydrogen-bond donors (Lipinski definition) is 1. The topological polar surface area (TPSA) is 126 Å². The van der Waals surface area contributed by atoms with Gasteiger partial charge in [0.25, 0.3) is 5.69 Å². The van der Waals surface area contributed by atoms with Crippen molar-refractivity contribution in [1.29, 1.82) is 0 Å². The molecule has 1 heterocycles. The standard InChI is InChI=1S/C21H26N2O8/c1-11(2)28-20(24)30-18-13(5)22-14(6)19(31-21(25)29-12(3)4)17(18)15-8-7-9-16(10-15)23(26)27/h7-13,22H,1-6H3. The number of nitro benzene ring substituents is 1. The third kappa shape index (κ3) is 6.21. The van der Waals surface area contributed by atoms with Crippen molar-refractivity contribution in [3.63, 3.8) is 0 Å². The van der Waals surface area contributed by atoms with Crippen LogP contribution in [-0.4, -0.2) is 35.5 Å². The number of nitrogens with one attached hydrogen (secondary N) is 1. The molecule has 0 amide bonds. The summed E-state index contributed by atoms with van der Waals surface area (Å²) in [4.78, 5) is 35.1. The highest BCUT2D eigenvalue weighted by atomic mass is 16.7. The third-order valence-corrected chi connectivity index (χ3v) is 4.03. The van der Waals surface area contributed by atoms with Gasteiger partial charge in [-0.25, -0.2) is 9.59 Å². The maximum Gasteiger partial charge on any atom is 0.514 e. The van der Waals surface area contributed by atoms with Gasteiger partial charge in [-0.2, -0.15) is 0 Å². The molecule has 0 fully saturated rings. The molecular formula is C21H26N2O8. The number of ether oxygens (including phenoxy) is 4. The zero-order chi connectivity index (χ0) is 23.3. The molecule has 0 saturated carbocycles. The fraction of sp³-hybridized carbons (Fsp3) is 0.429. The van der Waals surface area contributed by atoms with Crippen LogP contribution in [0.2, 0.25) is 0 Å². The Hall–Kier alpha value is -3.56. The quantitative estimate of drug-likeness (QED) is 0.386. The molecule has 1 unspecified atom stereocenters. The molecule has 168 valence electrons. The van der Waals surface area contributed by atoms with Crippen LogP contribution >= 0.6 is 0 Å². The molecule has 2 rings (SSSR count). The van der Waals surface area contributed by atoms with Gasteiger partial charge in [0.1, 0.15) is 5.76 Å². The first kappa shape index (κ1) is 23.7. The molecule has 0 saturated heterocycles. The van der Waals surface area contributed by atoms with Crippen LogP contribution in [0, 0.1) is 10.1 Å². The molecule has 1 aromatic carbocycles. The van der Waals surface area contributed by atoms with E-state index in [2.05, 4.69) is 5.32 Å². The number of allylic oxidation sites excluding steroid dienone is 2. The van der Waals surface area contributed by atoms with Crippen LogP contribution in [0.4, 0.5) is 15.3 Å². The van der Waals surface area contributed by atoms with E-state index in [4.69, 9.17) is 18.9 Å². The summed E-state index contributed by atoms with van der Waals surface area (Å²) in [5.74, 6) is 0.112. The monoisotopic (exact) mass is 434 g/mol. The predicted octanol–water partition coefficient (Wildman–Crippen LogP) is 4.65. The van der Waals surface area contributed by atoms with Gasteiger partial charge in [0.2, 0.25) is 0 Å². The molecule has 0 aliphatic carbocycles. The van der Waals surface area contributed by atoms with Crippen LogP contribution in [-0.2, 0) is 18.9 Å². The lowest BCUT2D eigenvalue weighted by Crippen LogP contribution is -2.35. The largest absolute Gasteiger partial charge is 0.514 e. The van der Waals surface area contributed by atoms with Crippen molar-refractivity contribution in [3.05, 3.63) is 57.2 Å². The number of hydrogen-bond acceptors (Lipinski definition) is 9. The molecule has 10 nitrogen and oxygen atoms in total. The Bertz CT molecular complexity index is 933. The molecular weight excluding hydrogens is 408 g/mol. The molecule has 0 aromatic heterocycles. The van der Waals surface area contributed by atoms with Gasteiger partial charge >= 0.3 is 12.3 Å². The summed E-state index contributed by atoms with van der Waals surface area (Å²) < 4.78 is 21.0. The summed E-state index contributed by atoms with van der Waals surface area (Å²) in [5.41, 5.74) is 0.803. The third-order valence-electron chi connectivity index (χ3n) is 4.03. The Balaban J connectivity index is 2.62. The first-order valence-electron chi connectivity index (χ1n) is 9.73. The van der Waals surface area contributed by atoms with Gasteiger partial charge in [-0.15, -0.1) is 0 Å². The van der Waals surface area contributed by atoms with Gasteiger partial charge in [0.05, 0.1) is 34.4 Å². The Morgan fingerprint density at radius 1 is 1.06 bits per heavy atom. The Labute approximate surface area is 180 Å². The summed E-state index contributed by atoms with van der Waals surface area (Å²) in [6.07, 6.45) is -2.76. The number of carbonyl (C=O) groups is 2. The fourth-order valence-electron chi connectivity index (χ4n) is 2.89. The minimum absolute atomic E-state index is 0.0246. The SMILES string of the molecule is CC1=C(OC(=O)OC(C)C)C(c2cccc([N+](=O)[O-])c2)=C(OC(=O)OC(C)C)C(C)N1. The molecule has 0 bridgehead atoms. The lowest BCUT2D eigenvalue weighted by Gasteiger charge is -2.29. The maximum absolute atomic E-state index is 12.2. The summed E-state index contributed by atoms with van der Waals surface area (Å²) in [6.45, 7) is 10.0. The molecule has 0 radical (unpaired) electrons. The lowest BCUT2D eigenvalue weighted by molar-refractivity contribution is -0.384. The fourth-order valence-corrected chi connectivity index (χ4v) is 2.89. The van der Waals surface area contributed by atoms with E-state index in [-0.39, 0.29) is 22.8 Å². The van der Waals surface area contributed by atoms with E-state index in [1.54, 1.807) is 47.6 Å². The van der Waals surface area contributed by atoms with E-state index in [9.17, 15) is 19.7 Å². The zero-order valence-electron chi connectivity index (χ0n) is 18.3. The van der Waals surface area contributed by atoms with Crippen LogP contribution in [0.1, 0.15) is 47.1 Å². The summed E-state index contributed by atoms with van der Waals surface area (Å²) in [5, 5.41) is 14.3. The molecule has 10 heteroatoms. The van der Waals surface area contributed by atoms with Gasteiger partial charge in [0, 0.05) is 12.1 Å². The summed E-state index contributed by atoms with van der Waals surface area (Å²) >= 11 is 0. The van der Waals surface area contributed by atoms with Gasteiger partial charge in [-0.1, -0.05) is 12.1 Å². The van der Waals surface area contributed by atoms with Gasteiger partial charge in [-0.05, 0) is 47.1 Å². The molecule has 1 aromatic rings. The molecule has 0 spiro atoms. The second-order valence-electron chi connectivity index (χ2n) is 7.40. The zero-order valence-corrected chi connectivity index (χ0v) is 18.3. The van der Waals surface area contributed by atoms with E-state index >= 15 is 0 Å². The van der Waals surface area contributed by atoms with Crippen LogP contribution < -0.4 is 5.32 Å². The van der Waals surface area contributed by atoms with Crippen LogP contribution in [0.25, 0.3) is 5.57 Å². The average Bonchev–Trinajstić information content (AvgIpc) is 2.64. The van der Waals surface area contributed by atoms with Crippen LogP contribution in [0.3, 0.4) is 0 Å². The minimum Gasteiger partial charge on any atom is -0.431 e. The second kappa shape index (κ2) is 9.96.